The molecule has 2 aromatic rings. The Balaban J connectivity index is 1.08. The summed E-state index contributed by atoms with van der Waals surface area (Å²) in [6.07, 6.45) is 6.44. The van der Waals surface area contributed by atoms with Crippen LogP contribution in [0.25, 0.3) is 0 Å². The summed E-state index contributed by atoms with van der Waals surface area (Å²) in [6.45, 7) is 9.33. The van der Waals surface area contributed by atoms with Crippen LogP contribution in [0.15, 0.2) is 48.5 Å². The van der Waals surface area contributed by atoms with Gasteiger partial charge in [0.25, 0.3) is 0 Å². The number of carbonyl (C=O) groups excluding carboxylic acids is 1. The minimum atomic E-state index is -0.470. The van der Waals surface area contributed by atoms with Gasteiger partial charge in [-0.1, -0.05) is 36.4 Å². The molecule has 0 N–H and O–H groups in total. The second-order valence-corrected chi connectivity index (χ2v) is 13.5. The maximum Gasteiger partial charge on any atom is 0.410 e. The average Bonchev–Trinajstić information content (AvgIpc) is 3.11. The molecule has 2 heterocycles. The Morgan fingerprint density at radius 3 is 2.35 bits per heavy atom. The van der Waals surface area contributed by atoms with E-state index in [2.05, 4.69) is 60.4 Å². The van der Waals surface area contributed by atoms with E-state index in [-0.39, 0.29) is 12.2 Å². The van der Waals surface area contributed by atoms with E-state index in [9.17, 15) is 4.79 Å². The van der Waals surface area contributed by atoms with Gasteiger partial charge in [-0.2, -0.15) is 0 Å². The van der Waals surface area contributed by atoms with Crippen LogP contribution in [-0.2, 0) is 11.2 Å². The summed E-state index contributed by atoms with van der Waals surface area (Å²) in [5.74, 6) is 3.17. The third-order valence-electron chi connectivity index (χ3n) is 9.78. The molecule has 37 heavy (non-hydrogen) atoms. The predicted molar refractivity (Wildman–Crippen MR) is 144 cm³/mol. The molecule has 2 unspecified atom stereocenters. The maximum absolute atomic E-state index is 12.2. The van der Waals surface area contributed by atoms with Gasteiger partial charge in [0, 0.05) is 17.6 Å². The van der Waals surface area contributed by atoms with Gasteiger partial charge in [-0.05, 0) is 106 Å². The third-order valence-corrected chi connectivity index (χ3v) is 9.78. The lowest BCUT2D eigenvalue weighted by Crippen LogP contribution is -2.72. The normalized spacial score (nSPS) is 34.5. The van der Waals surface area contributed by atoms with Crippen molar-refractivity contribution in [3.8, 4) is 5.75 Å². The Morgan fingerprint density at radius 1 is 1.00 bits per heavy atom. The standard InChI is InChI=1S/C32H40N2O3/c1-20-13-27-26-8-6-5-7-23(26)14-28(27)29(34(20)32-15-21(16-32)17-32)22-9-11-24(12-10-22)36-25-18-33(19-25)30(35)37-31(2,3)4/h5-12,20-21,25,27-29H,13-19H2,1-4H3/t20-,21?,27?,28?,29-,32?/m1/s1. The van der Waals surface area contributed by atoms with E-state index in [1.54, 1.807) is 16.0 Å². The molecule has 1 amide bonds. The number of ether oxygens (including phenoxy) is 2. The summed E-state index contributed by atoms with van der Waals surface area (Å²) < 4.78 is 11.7. The zero-order valence-corrected chi connectivity index (χ0v) is 22.7. The summed E-state index contributed by atoms with van der Waals surface area (Å²) in [7, 11) is 0. The molecule has 6 aliphatic rings. The van der Waals surface area contributed by atoms with Crippen LogP contribution in [-0.4, -0.2) is 52.3 Å². The molecule has 2 saturated heterocycles. The second kappa shape index (κ2) is 8.23. The zero-order chi connectivity index (χ0) is 25.5. The number of hydrogen-bond acceptors (Lipinski definition) is 4. The lowest BCUT2D eigenvalue weighted by atomic mass is 9.47. The van der Waals surface area contributed by atoms with E-state index in [0.717, 1.165) is 11.7 Å². The maximum atomic E-state index is 12.2. The number of likely N-dealkylation sites (tertiary alicyclic amines) is 2. The molecule has 4 aliphatic carbocycles. The molecule has 2 aromatic carbocycles. The molecule has 8 rings (SSSR count). The minimum Gasteiger partial charge on any atom is -0.487 e. The van der Waals surface area contributed by atoms with E-state index in [4.69, 9.17) is 9.47 Å². The van der Waals surface area contributed by atoms with Gasteiger partial charge in [-0.25, -0.2) is 4.79 Å². The Kier molecular flexibility index (Phi) is 5.25. The lowest BCUT2D eigenvalue weighted by Gasteiger charge is -2.71. The highest BCUT2D eigenvalue weighted by molar-refractivity contribution is 5.69. The molecule has 0 spiro atoms. The molecule has 2 bridgehead atoms. The van der Waals surface area contributed by atoms with Crippen molar-refractivity contribution < 1.29 is 14.3 Å². The van der Waals surface area contributed by atoms with Crippen molar-refractivity contribution in [1.29, 1.82) is 0 Å². The van der Waals surface area contributed by atoms with Crippen LogP contribution >= 0.6 is 0 Å². The van der Waals surface area contributed by atoms with Crippen LogP contribution < -0.4 is 4.74 Å². The van der Waals surface area contributed by atoms with E-state index in [0.29, 0.717) is 42.5 Å². The Morgan fingerprint density at radius 2 is 1.70 bits per heavy atom. The van der Waals surface area contributed by atoms with Gasteiger partial charge in [0.05, 0.1) is 13.1 Å². The first-order valence-corrected chi connectivity index (χ1v) is 14.3. The quantitative estimate of drug-likeness (QED) is 0.492. The number of amides is 1. The van der Waals surface area contributed by atoms with Crippen LogP contribution in [0.1, 0.15) is 82.0 Å². The molecule has 2 aliphatic heterocycles. The highest BCUT2D eigenvalue weighted by Crippen LogP contribution is 2.66. The van der Waals surface area contributed by atoms with Crippen molar-refractivity contribution in [1.82, 2.24) is 9.80 Å². The predicted octanol–water partition coefficient (Wildman–Crippen LogP) is 6.33. The fraction of sp³-hybridized carbons (Fsp3) is 0.594. The lowest BCUT2D eigenvalue weighted by molar-refractivity contribution is -0.197. The number of fused-ring (bicyclic) bond motifs is 3. The summed E-state index contributed by atoms with van der Waals surface area (Å²) in [4.78, 5) is 16.9. The highest BCUT2D eigenvalue weighted by Gasteiger charge is 2.64. The topological polar surface area (TPSA) is 42.0 Å². The first-order chi connectivity index (χ1) is 17.7. The van der Waals surface area contributed by atoms with Crippen molar-refractivity contribution in [2.24, 2.45) is 11.8 Å². The van der Waals surface area contributed by atoms with Crippen LogP contribution in [0.4, 0.5) is 4.79 Å². The van der Waals surface area contributed by atoms with E-state index >= 15 is 0 Å². The van der Waals surface area contributed by atoms with Crippen LogP contribution in [0.2, 0.25) is 0 Å². The Bertz CT molecular complexity index is 1180. The number of piperidine rings is 1. The molecular formula is C32H40N2O3. The van der Waals surface area contributed by atoms with Crippen molar-refractivity contribution in [3.05, 3.63) is 65.2 Å². The van der Waals surface area contributed by atoms with E-state index < -0.39 is 5.60 Å². The van der Waals surface area contributed by atoms with Crippen molar-refractivity contribution in [2.45, 2.75) is 95.0 Å². The number of benzene rings is 2. The summed E-state index contributed by atoms with van der Waals surface area (Å²) in [5, 5.41) is 0. The molecular weight excluding hydrogens is 460 g/mol. The Labute approximate surface area is 221 Å². The van der Waals surface area contributed by atoms with Crippen LogP contribution in [0, 0.1) is 11.8 Å². The molecule has 5 heteroatoms. The van der Waals surface area contributed by atoms with Crippen LogP contribution in [0.5, 0.6) is 5.75 Å². The molecule has 196 valence electrons. The van der Waals surface area contributed by atoms with Gasteiger partial charge in [0.2, 0.25) is 0 Å². The number of nitrogens with zero attached hydrogens (tertiary/aromatic N) is 2. The summed E-state index contributed by atoms with van der Waals surface area (Å²) in [5.41, 5.74) is 4.58. The molecule has 4 atom stereocenters. The van der Waals surface area contributed by atoms with E-state index in [1.807, 2.05) is 20.8 Å². The van der Waals surface area contributed by atoms with Gasteiger partial charge in [-0.3, -0.25) is 4.90 Å². The number of carbonyl (C=O) groups is 1. The van der Waals surface area contributed by atoms with Crippen molar-refractivity contribution in [3.63, 3.8) is 0 Å². The van der Waals surface area contributed by atoms with Crippen LogP contribution in [0.3, 0.4) is 0 Å². The molecule has 5 nitrogen and oxygen atoms in total. The SMILES string of the molecule is C[C@@H]1CC2c3ccccc3CC2[C@@H](c2ccc(OC3CN(C(=O)OC(C)(C)C)C3)cc2)N1C12CC(C1)C2. The third kappa shape index (κ3) is 3.88. The molecule has 0 aromatic heterocycles. The second-order valence-electron chi connectivity index (χ2n) is 13.5. The highest BCUT2D eigenvalue weighted by atomic mass is 16.6. The minimum absolute atomic E-state index is 0.0269. The monoisotopic (exact) mass is 500 g/mol. The van der Waals surface area contributed by atoms with Gasteiger partial charge >= 0.3 is 6.09 Å². The average molecular weight is 501 g/mol. The molecule has 0 radical (unpaired) electrons. The summed E-state index contributed by atoms with van der Waals surface area (Å²) in [6, 6.07) is 19.2. The fourth-order valence-electron chi connectivity index (χ4n) is 8.15. The van der Waals surface area contributed by atoms with Crippen molar-refractivity contribution in [2.75, 3.05) is 13.1 Å². The zero-order valence-electron chi connectivity index (χ0n) is 22.7. The van der Waals surface area contributed by atoms with Gasteiger partial charge in [-0.15, -0.1) is 0 Å². The first kappa shape index (κ1) is 23.6. The van der Waals surface area contributed by atoms with Gasteiger partial charge in [0.15, 0.2) is 0 Å². The number of hydrogen-bond donors (Lipinski definition) is 0. The number of rotatable bonds is 4. The molecule has 3 saturated carbocycles. The summed E-state index contributed by atoms with van der Waals surface area (Å²) >= 11 is 0. The van der Waals surface area contributed by atoms with Crippen molar-refractivity contribution >= 4 is 6.09 Å². The van der Waals surface area contributed by atoms with Gasteiger partial charge < -0.3 is 14.4 Å². The fourth-order valence-corrected chi connectivity index (χ4v) is 8.15. The largest absolute Gasteiger partial charge is 0.487 e. The smallest absolute Gasteiger partial charge is 0.410 e. The van der Waals surface area contributed by atoms with E-state index in [1.165, 1.54) is 37.7 Å². The first-order valence-electron chi connectivity index (χ1n) is 14.3. The van der Waals surface area contributed by atoms with Gasteiger partial charge in [0.1, 0.15) is 17.5 Å². The Hall–Kier alpha value is -2.53. The molecule has 5 fully saturated rings.